The number of benzene rings is 2. The van der Waals surface area contributed by atoms with Crippen LogP contribution in [0.5, 0.6) is 0 Å². The van der Waals surface area contributed by atoms with E-state index < -0.39 is 5.97 Å². The third kappa shape index (κ3) is 2.80. The molecule has 0 fully saturated rings. The number of hydrogen-bond donors (Lipinski definition) is 1. The van der Waals surface area contributed by atoms with Gasteiger partial charge < -0.3 is 5.11 Å². The van der Waals surface area contributed by atoms with Crippen LogP contribution in [0, 0.1) is 0 Å². The first-order chi connectivity index (χ1) is 12.5. The van der Waals surface area contributed by atoms with E-state index in [0.29, 0.717) is 11.5 Å². The second-order valence-electron chi connectivity index (χ2n) is 7.13. The highest BCUT2D eigenvalue weighted by atomic mass is 16.4. The van der Waals surface area contributed by atoms with Crippen LogP contribution < -0.4 is 0 Å². The number of carbonyl (C=O) groups is 1. The topological polar surface area (TPSA) is 50.2 Å². The SMILES string of the molecule is CC(C)c1ccc(C=C2CCc3c2nc2ccccc2c3C(=O)O)cc1. The summed E-state index contributed by atoms with van der Waals surface area (Å²) in [5.41, 5.74) is 6.41. The van der Waals surface area contributed by atoms with Crippen molar-refractivity contribution in [3.63, 3.8) is 0 Å². The number of hydrogen-bond acceptors (Lipinski definition) is 2. The zero-order valence-electron chi connectivity index (χ0n) is 15.0. The number of allylic oxidation sites excluding steroid dienone is 1. The van der Waals surface area contributed by atoms with Crippen LogP contribution in [0.4, 0.5) is 0 Å². The van der Waals surface area contributed by atoms with Crippen molar-refractivity contribution in [2.75, 3.05) is 0 Å². The fourth-order valence-electron chi connectivity index (χ4n) is 3.70. The average Bonchev–Trinajstić information content (AvgIpc) is 3.02. The Balaban J connectivity index is 1.83. The van der Waals surface area contributed by atoms with Gasteiger partial charge in [0.25, 0.3) is 0 Å². The van der Waals surface area contributed by atoms with Gasteiger partial charge in [-0.3, -0.25) is 0 Å². The molecule has 1 aliphatic carbocycles. The number of pyridine rings is 1. The van der Waals surface area contributed by atoms with Crippen molar-refractivity contribution >= 4 is 28.5 Å². The third-order valence-corrected chi connectivity index (χ3v) is 5.10. The molecular formula is C23H21NO2. The summed E-state index contributed by atoms with van der Waals surface area (Å²) in [5, 5.41) is 10.5. The normalized spacial score (nSPS) is 15.0. The van der Waals surface area contributed by atoms with Crippen molar-refractivity contribution in [2.24, 2.45) is 0 Å². The van der Waals surface area contributed by atoms with Crippen LogP contribution in [0.3, 0.4) is 0 Å². The van der Waals surface area contributed by atoms with E-state index in [1.807, 2.05) is 24.3 Å². The molecule has 1 aromatic heterocycles. The zero-order valence-corrected chi connectivity index (χ0v) is 15.0. The van der Waals surface area contributed by atoms with Gasteiger partial charge in [-0.05, 0) is 53.2 Å². The molecule has 0 amide bonds. The minimum atomic E-state index is -0.873. The maximum Gasteiger partial charge on any atom is 0.336 e. The fraction of sp³-hybridized carbons (Fsp3) is 0.217. The summed E-state index contributed by atoms with van der Waals surface area (Å²) in [7, 11) is 0. The predicted molar refractivity (Wildman–Crippen MR) is 105 cm³/mol. The van der Waals surface area contributed by atoms with Gasteiger partial charge in [-0.25, -0.2) is 9.78 Å². The molecule has 0 saturated carbocycles. The Morgan fingerprint density at radius 3 is 2.50 bits per heavy atom. The van der Waals surface area contributed by atoms with E-state index in [9.17, 15) is 9.90 Å². The molecule has 1 N–H and O–H groups in total. The number of fused-ring (bicyclic) bond motifs is 2. The van der Waals surface area contributed by atoms with Crippen molar-refractivity contribution in [2.45, 2.75) is 32.6 Å². The van der Waals surface area contributed by atoms with E-state index in [-0.39, 0.29) is 0 Å². The largest absolute Gasteiger partial charge is 0.478 e. The van der Waals surface area contributed by atoms with Crippen molar-refractivity contribution in [3.8, 4) is 0 Å². The van der Waals surface area contributed by atoms with Crippen molar-refractivity contribution < 1.29 is 9.90 Å². The van der Waals surface area contributed by atoms with Crippen LogP contribution >= 0.6 is 0 Å². The molecule has 0 saturated heterocycles. The summed E-state index contributed by atoms with van der Waals surface area (Å²) in [6, 6.07) is 16.1. The highest BCUT2D eigenvalue weighted by Crippen LogP contribution is 2.37. The van der Waals surface area contributed by atoms with Crippen LogP contribution in [0.2, 0.25) is 0 Å². The molecule has 3 aromatic rings. The summed E-state index contributed by atoms with van der Waals surface area (Å²) in [6.07, 6.45) is 3.69. The van der Waals surface area contributed by atoms with Gasteiger partial charge in [0.2, 0.25) is 0 Å². The van der Waals surface area contributed by atoms with Gasteiger partial charge in [0.15, 0.2) is 0 Å². The number of carboxylic acid groups (broad SMARTS) is 1. The molecule has 2 aromatic carbocycles. The van der Waals surface area contributed by atoms with Gasteiger partial charge >= 0.3 is 5.97 Å². The highest BCUT2D eigenvalue weighted by molar-refractivity contribution is 6.06. The molecule has 1 heterocycles. The molecular weight excluding hydrogens is 322 g/mol. The molecule has 26 heavy (non-hydrogen) atoms. The van der Waals surface area contributed by atoms with Crippen LogP contribution in [-0.4, -0.2) is 16.1 Å². The summed E-state index contributed by atoms with van der Waals surface area (Å²) in [5.74, 6) is -0.363. The van der Waals surface area contributed by atoms with Crippen molar-refractivity contribution in [1.82, 2.24) is 4.98 Å². The molecule has 0 radical (unpaired) electrons. The molecule has 3 heteroatoms. The first kappa shape index (κ1) is 16.5. The first-order valence-corrected chi connectivity index (χ1v) is 9.00. The number of para-hydroxylation sites is 1. The maximum absolute atomic E-state index is 11.9. The zero-order chi connectivity index (χ0) is 18.3. The average molecular weight is 343 g/mol. The summed E-state index contributed by atoms with van der Waals surface area (Å²) < 4.78 is 0. The van der Waals surface area contributed by atoms with Crippen LogP contribution in [0.15, 0.2) is 48.5 Å². The molecule has 130 valence electrons. The van der Waals surface area contributed by atoms with Gasteiger partial charge in [-0.1, -0.05) is 56.3 Å². The second-order valence-corrected chi connectivity index (χ2v) is 7.13. The van der Waals surface area contributed by atoms with Gasteiger partial charge in [-0.15, -0.1) is 0 Å². The quantitative estimate of drug-likeness (QED) is 0.679. The minimum Gasteiger partial charge on any atom is -0.478 e. The molecule has 3 nitrogen and oxygen atoms in total. The van der Waals surface area contributed by atoms with E-state index in [1.54, 1.807) is 0 Å². The number of aromatic nitrogens is 1. The molecule has 0 bridgehead atoms. The van der Waals surface area contributed by atoms with Crippen molar-refractivity contribution in [1.29, 1.82) is 0 Å². The molecule has 0 aliphatic heterocycles. The highest BCUT2D eigenvalue weighted by Gasteiger charge is 2.26. The lowest BCUT2D eigenvalue weighted by molar-refractivity contribution is 0.0698. The van der Waals surface area contributed by atoms with Gasteiger partial charge in [0, 0.05) is 5.39 Å². The first-order valence-electron chi connectivity index (χ1n) is 9.00. The molecule has 1 aliphatic rings. The lowest BCUT2D eigenvalue weighted by atomic mass is 9.99. The maximum atomic E-state index is 11.9. The van der Waals surface area contributed by atoms with Crippen LogP contribution in [0.25, 0.3) is 22.6 Å². The van der Waals surface area contributed by atoms with E-state index >= 15 is 0 Å². The lowest BCUT2D eigenvalue weighted by Gasteiger charge is -2.09. The molecule has 0 spiro atoms. The monoisotopic (exact) mass is 343 g/mol. The second kappa shape index (κ2) is 6.41. The fourth-order valence-corrected chi connectivity index (χ4v) is 3.70. The number of rotatable bonds is 3. The Hall–Kier alpha value is -2.94. The minimum absolute atomic E-state index is 0.407. The Morgan fingerprint density at radius 1 is 1.08 bits per heavy atom. The van der Waals surface area contributed by atoms with Crippen LogP contribution in [-0.2, 0) is 6.42 Å². The standard InChI is InChI=1S/C23H21NO2/c1-14(2)16-9-7-15(8-10-16)13-17-11-12-19-21(23(25)26)18-5-3-4-6-20(18)24-22(17)19/h3-10,13-14H,11-12H2,1-2H3,(H,25,26). The third-order valence-electron chi connectivity index (χ3n) is 5.10. The molecule has 0 unspecified atom stereocenters. The van der Waals surface area contributed by atoms with E-state index in [2.05, 4.69) is 44.2 Å². The number of nitrogens with zero attached hydrogens (tertiary/aromatic N) is 1. The van der Waals surface area contributed by atoms with Crippen LogP contribution in [0.1, 0.15) is 58.9 Å². The van der Waals surface area contributed by atoms with Crippen molar-refractivity contribution in [3.05, 3.63) is 76.5 Å². The Labute approximate surface area is 153 Å². The predicted octanol–water partition coefficient (Wildman–Crippen LogP) is 5.54. The van der Waals surface area contributed by atoms with E-state index in [0.717, 1.165) is 46.1 Å². The Kier molecular flexibility index (Phi) is 4.08. The van der Waals surface area contributed by atoms with Gasteiger partial charge in [-0.2, -0.15) is 0 Å². The van der Waals surface area contributed by atoms with E-state index in [1.165, 1.54) is 5.56 Å². The molecule has 4 rings (SSSR count). The number of aromatic carboxylic acids is 1. The lowest BCUT2D eigenvalue weighted by Crippen LogP contribution is -2.05. The summed E-state index contributed by atoms with van der Waals surface area (Å²) in [4.78, 5) is 16.7. The Morgan fingerprint density at radius 2 is 1.81 bits per heavy atom. The Bertz CT molecular complexity index is 1030. The summed E-state index contributed by atoms with van der Waals surface area (Å²) >= 11 is 0. The number of carboxylic acids is 1. The van der Waals surface area contributed by atoms with E-state index in [4.69, 9.17) is 4.98 Å². The summed E-state index contributed by atoms with van der Waals surface area (Å²) in [6.45, 7) is 4.37. The van der Waals surface area contributed by atoms with Gasteiger partial charge in [0.05, 0.1) is 16.8 Å². The molecule has 0 atom stereocenters. The smallest absolute Gasteiger partial charge is 0.336 e. The van der Waals surface area contributed by atoms with Gasteiger partial charge in [0.1, 0.15) is 0 Å².